The lowest BCUT2D eigenvalue weighted by atomic mass is 10.0. The van der Waals surface area contributed by atoms with Crippen molar-refractivity contribution >= 4 is 22.9 Å². The Bertz CT molecular complexity index is 1210. The van der Waals surface area contributed by atoms with E-state index < -0.39 is 0 Å². The van der Waals surface area contributed by atoms with E-state index >= 15 is 0 Å². The number of fused-ring (bicyclic) bond motifs is 1. The molecule has 1 fully saturated rings. The van der Waals surface area contributed by atoms with Gasteiger partial charge in [0.2, 0.25) is 5.95 Å². The SMILES string of the molecule is CC(C)n1cnc2c(NCc3ccc(-c4ccccc4)cc3)nc(N[C@H]3CC[C@H](N)C3)nc21. The summed E-state index contributed by atoms with van der Waals surface area (Å²) in [7, 11) is 0. The van der Waals surface area contributed by atoms with E-state index in [1.807, 2.05) is 12.4 Å². The topological polar surface area (TPSA) is 93.7 Å². The molecule has 0 spiro atoms. The predicted octanol–water partition coefficient (Wildman–Crippen LogP) is 4.98. The molecule has 4 N–H and O–H groups in total. The third-order valence-electron chi connectivity index (χ3n) is 6.31. The van der Waals surface area contributed by atoms with Crippen LogP contribution >= 0.6 is 0 Å². The third kappa shape index (κ3) is 4.68. The van der Waals surface area contributed by atoms with Crippen molar-refractivity contribution in [3.63, 3.8) is 0 Å². The maximum atomic E-state index is 6.10. The van der Waals surface area contributed by atoms with Gasteiger partial charge in [-0.2, -0.15) is 9.97 Å². The fraction of sp³-hybridized carbons (Fsp3) is 0.346. The molecule has 1 saturated carbocycles. The number of rotatable bonds is 7. The van der Waals surface area contributed by atoms with Crippen LogP contribution < -0.4 is 16.4 Å². The summed E-state index contributed by atoms with van der Waals surface area (Å²) in [6, 6.07) is 19.9. The molecule has 33 heavy (non-hydrogen) atoms. The van der Waals surface area contributed by atoms with Gasteiger partial charge in [0, 0.05) is 24.7 Å². The van der Waals surface area contributed by atoms with E-state index in [4.69, 9.17) is 15.7 Å². The summed E-state index contributed by atoms with van der Waals surface area (Å²) in [5, 5.41) is 7.00. The average Bonchev–Trinajstić information content (AvgIpc) is 3.44. The standard InChI is InChI=1S/C26H31N7/c1-17(2)33-16-29-23-24(31-26(32-25(23)33)30-22-13-12-21(27)14-22)28-15-18-8-10-20(11-9-18)19-6-4-3-5-7-19/h3-11,16-17,21-22H,12-15,27H2,1-2H3,(H2,28,30,31,32)/t21-,22-/m0/s1. The van der Waals surface area contributed by atoms with E-state index in [1.54, 1.807) is 0 Å². The normalized spacial score (nSPS) is 18.2. The molecule has 170 valence electrons. The molecule has 2 atom stereocenters. The number of nitrogens with one attached hydrogen (secondary N) is 2. The van der Waals surface area contributed by atoms with Crippen LogP contribution in [-0.4, -0.2) is 31.6 Å². The van der Waals surface area contributed by atoms with E-state index in [1.165, 1.54) is 16.7 Å². The Labute approximate surface area is 194 Å². The molecule has 2 heterocycles. The predicted molar refractivity (Wildman–Crippen MR) is 134 cm³/mol. The van der Waals surface area contributed by atoms with Gasteiger partial charge in [-0.3, -0.25) is 0 Å². The molecule has 1 aliphatic carbocycles. The minimum atomic E-state index is 0.254. The lowest BCUT2D eigenvalue weighted by Gasteiger charge is -2.15. The summed E-state index contributed by atoms with van der Waals surface area (Å²) in [6.07, 6.45) is 4.87. The quantitative estimate of drug-likeness (QED) is 0.375. The van der Waals surface area contributed by atoms with Gasteiger partial charge in [-0.05, 0) is 49.8 Å². The first kappa shape index (κ1) is 21.4. The minimum absolute atomic E-state index is 0.254. The molecule has 0 unspecified atom stereocenters. The number of hydrogen-bond donors (Lipinski definition) is 3. The summed E-state index contributed by atoms with van der Waals surface area (Å²) < 4.78 is 2.09. The first-order valence-corrected chi connectivity index (χ1v) is 11.7. The first-order chi connectivity index (χ1) is 16.1. The second-order valence-electron chi connectivity index (χ2n) is 9.14. The highest BCUT2D eigenvalue weighted by molar-refractivity contribution is 5.84. The molecule has 0 bridgehead atoms. The zero-order chi connectivity index (χ0) is 22.8. The van der Waals surface area contributed by atoms with Crippen molar-refractivity contribution in [2.45, 2.75) is 57.8 Å². The summed E-state index contributed by atoms with van der Waals surface area (Å²) in [5.41, 5.74) is 11.3. The Kier molecular flexibility index (Phi) is 5.96. The lowest BCUT2D eigenvalue weighted by molar-refractivity contribution is 0.612. The molecule has 7 heteroatoms. The molecule has 0 aliphatic heterocycles. The maximum absolute atomic E-state index is 6.10. The summed E-state index contributed by atoms with van der Waals surface area (Å²) in [6.45, 7) is 4.92. The number of anilines is 2. The number of nitrogens with zero attached hydrogens (tertiary/aromatic N) is 4. The number of nitrogens with two attached hydrogens (primary N) is 1. The van der Waals surface area contributed by atoms with Crippen LogP contribution in [0.15, 0.2) is 60.9 Å². The molecular weight excluding hydrogens is 410 g/mol. The Hall–Kier alpha value is -3.45. The van der Waals surface area contributed by atoms with Gasteiger partial charge in [-0.1, -0.05) is 54.6 Å². The van der Waals surface area contributed by atoms with Crippen LogP contribution in [0.25, 0.3) is 22.3 Å². The second kappa shape index (κ2) is 9.19. The molecule has 2 aromatic heterocycles. The number of benzene rings is 2. The van der Waals surface area contributed by atoms with Crippen LogP contribution in [0.1, 0.15) is 44.7 Å². The van der Waals surface area contributed by atoms with Gasteiger partial charge in [-0.25, -0.2) is 4.98 Å². The Morgan fingerprint density at radius 3 is 2.45 bits per heavy atom. The average molecular weight is 442 g/mol. The van der Waals surface area contributed by atoms with Gasteiger partial charge in [0.25, 0.3) is 0 Å². The molecule has 1 aliphatic rings. The van der Waals surface area contributed by atoms with Crippen LogP contribution in [0.2, 0.25) is 0 Å². The van der Waals surface area contributed by atoms with E-state index in [9.17, 15) is 0 Å². The lowest BCUT2D eigenvalue weighted by Crippen LogP contribution is -2.22. The van der Waals surface area contributed by atoms with Crippen LogP contribution in [0.4, 0.5) is 11.8 Å². The second-order valence-corrected chi connectivity index (χ2v) is 9.14. The van der Waals surface area contributed by atoms with Gasteiger partial charge < -0.3 is 20.9 Å². The van der Waals surface area contributed by atoms with E-state index in [2.05, 4.69) is 82.6 Å². The van der Waals surface area contributed by atoms with Gasteiger partial charge in [0.1, 0.15) is 0 Å². The summed E-state index contributed by atoms with van der Waals surface area (Å²) in [5.74, 6) is 1.38. The van der Waals surface area contributed by atoms with E-state index in [-0.39, 0.29) is 12.1 Å². The summed E-state index contributed by atoms with van der Waals surface area (Å²) in [4.78, 5) is 14.2. The van der Waals surface area contributed by atoms with Crippen molar-refractivity contribution in [3.05, 3.63) is 66.5 Å². The largest absolute Gasteiger partial charge is 0.364 e. The monoisotopic (exact) mass is 441 g/mol. The first-order valence-electron chi connectivity index (χ1n) is 11.7. The smallest absolute Gasteiger partial charge is 0.227 e. The van der Waals surface area contributed by atoms with Crippen molar-refractivity contribution in [2.24, 2.45) is 5.73 Å². The Balaban J connectivity index is 1.38. The highest BCUT2D eigenvalue weighted by atomic mass is 15.2. The zero-order valence-corrected chi connectivity index (χ0v) is 19.2. The Morgan fingerprint density at radius 1 is 1.00 bits per heavy atom. The molecule has 5 rings (SSSR count). The van der Waals surface area contributed by atoms with Crippen LogP contribution in [0.5, 0.6) is 0 Å². The van der Waals surface area contributed by atoms with Crippen molar-refractivity contribution in [2.75, 3.05) is 10.6 Å². The van der Waals surface area contributed by atoms with Gasteiger partial charge in [0.15, 0.2) is 17.0 Å². The Morgan fingerprint density at radius 2 is 1.76 bits per heavy atom. The number of aromatic nitrogens is 4. The third-order valence-corrected chi connectivity index (χ3v) is 6.31. The zero-order valence-electron chi connectivity index (χ0n) is 19.2. The van der Waals surface area contributed by atoms with E-state index in [0.29, 0.717) is 18.5 Å². The highest BCUT2D eigenvalue weighted by Crippen LogP contribution is 2.26. The van der Waals surface area contributed by atoms with Crippen LogP contribution in [-0.2, 0) is 6.54 Å². The molecule has 0 radical (unpaired) electrons. The number of hydrogen-bond acceptors (Lipinski definition) is 6. The van der Waals surface area contributed by atoms with Gasteiger partial charge >= 0.3 is 0 Å². The molecule has 0 saturated heterocycles. The molecular formula is C26H31N7. The molecule has 4 aromatic rings. The van der Waals surface area contributed by atoms with Gasteiger partial charge in [-0.15, -0.1) is 0 Å². The van der Waals surface area contributed by atoms with Crippen molar-refractivity contribution in [1.29, 1.82) is 0 Å². The molecule has 7 nitrogen and oxygen atoms in total. The fourth-order valence-corrected chi connectivity index (χ4v) is 4.44. The van der Waals surface area contributed by atoms with Crippen molar-refractivity contribution in [3.8, 4) is 11.1 Å². The maximum Gasteiger partial charge on any atom is 0.227 e. The fourth-order valence-electron chi connectivity index (χ4n) is 4.44. The molecule has 2 aromatic carbocycles. The highest BCUT2D eigenvalue weighted by Gasteiger charge is 2.23. The van der Waals surface area contributed by atoms with Crippen LogP contribution in [0.3, 0.4) is 0 Å². The minimum Gasteiger partial charge on any atom is -0.364 e. The molecule has 0 amide bonds. The van der Waals surface area contributed by atoms with Crippen molar-refractivity contribution < 1.29 is 0 Å². The number of imidazole rings is 1. The summed E-state index contributed by atoms with van der Waals surface area (Å²) >= 11 is 0. The van der Waals surface area contributed by atoms with Crippen molar-refractivity contribution in [1.82, 2.24) is 19.5 Å². The van der Waals surface area contributed by atoms with Gasteiger partial charge in [0.05, 0.1) is 6.33 Å². The van der Waals surface area contributed by atoms with Crippen LogP contribution in [0, 0.1) is 0 Å². The van der Waals surface area contributed by atoms with E-state index in [0.717, 1.165) is 36.2 Å².